The highest BCUT2D eigenvalue weighted by Crippen LogP contribution is 2.26. The van der Waals surface area contributed by atoms with E-state index in [2.05, 4.69) is 0 Å². The van der Waals surface area contributed by atoms with Crippen LogP contribution in [0.3, 0.4) is 0 Å². The monoisotopic (exact) mass is 186 g/mol. The Morgan fingerprint density at radius 2 is 1.93 bits per heavy atom. The van der Waals surface area contributed by atoms with Gasteiger partial charge in [-0.3, -0.25) is 4.79 Å². The van der Waals surface area contributed by atoms with E-state index < -0.39 is 0 Å². The van der Waals surface area contributed by atoms with Gasteiger partial charge in [-0.2, -0.15) is 0 Å². The van der Waals surface area contributed by atoms with Gasteiger partial charge in [0.15, 0.2) is 6.29 Å². The van der Waals surface area contributed by atoms with Crippen LogP contribution in [0.15, 0.2) is 42.5 Å². The lowest BCUT2D eigenvalue weighted by Gasteiger charge is -2.07. The van der Waals surface area contributed by atoms with Gasteiger partial charge in [-0.05, 0) is 17.7 Å². The quantitative estimate of drug-likeness (QED) is 0.720. The van der Waals surface area contributed by atoms with E-state index in [1.807, 2.05) is 30.4 Å². The van der Waals surface area contributed by atoms with Crippen molar-refractivity contribution in [2.24, 2.45) is 0 Å². The van der Waals surface area contributed by atoms with Crippen LogP contribution in [0.1, 0.15) is 21.8 Å². The van der Waals surface area contributed by atoms with Crippen LogP contribution in [0.2, 0.25) is 0 Å². The molecule has 1 aromatic carbocycles. The molecule has 1 aliphatic carbocycles. The van der Waals surface area contributed by atoms with Crippen molar-refractivity contribution >= 4 is 6.29 Å². The van der Waals surface area contributed by atoms with Crippen LogP contribution in [0, 0.1) is 0 Å². The van der Waals surface area contributed by atoms with Crippen LogP contribution in [0.5, 0.6) is 5.75 Å². The highest BCUT2D eigenvalue weighted by molar-refractivity contribution is 5.79. The summed E-state index contributed by atoms with van der Waals surface area (Å²) in [6.45, 7) is 0. The Balaban J connectivity index is 2.40. The average molecular weight is 186 g/mol. The van der Waals surface area contributed by atoms with E-state index in [0.717, 1.165) is 5.56 Å². The fourth-order valence-electron chi connectivity index (χ4n) is 1.53. The normalized spacial score (nSPS) is 14.9. The smallest absolute Gasteiger partial charge is 0.153 e. The van der Waals surface area contributed by atoms with Gasteiger partial charge >= 0.3 is 0 Å². The van der Waals surface area contributed by atoms with Crippen molar-refractivity contribution in [3.8, 4) is 5.75 Å². The third kappa shape index (κ3) is 1.46. The molecule has 0 spiro atoms. The van der Waals surface area contributed by atoms with E-state index in [1.54, 1.807) is 12.1 Å². The van der Waals surface area contributed by atoms with Crippen molar-refractivity contribution in [3.63, 3.8) is 0 Å². The number of aldehydes is 1. The Bertz CT molecular complexity index is 404. The third-order valence-corrected chi connectivity index (χ3v) is 2.31. The number of benzene rings is 1. The molecule has 2 nitrogen and oxygen atoms in total. The second kappa shape index (κ2) is 3.50. The van der Waals surface area contributed by atoms with E-state index in [9.17, 15) is 9.90 Å². The van der Waals surface area contributed by atoms with E-state index in [-0.39, 0.29) is 11.7 Å². The van der Waals surface area contributed by atoms with Crippen molar-refractivity contribution in [1.82, 2.24) is 0 Å². The number of phenols is 1. The SMILES string of the molecule is O=Cc1cc(C2C=CC=C2)ccc1O. The third-order valence-electron chi connectivity index (χ3n) is 2.31. The molecule has 1 N–H and O–H groups in total. The second-order valence-electron chi connectivity index (χ2n) is 3.23. The molecule has 1 aliphatic rings. The number of hydrogen-bond acceptors (Lipinski definition) is 2. The minimum absolute atomic E-state index is 0.0368. The summed E-state index contributed by atoms with van der Waals surface area (Å²) >= 11 is 0. The maximum absolute atomic E-state index is 10.6. The van der Waals surface area contributed by atoms with Crippen LogP contribution in [-0.4, -0.2) is 11.4 Å². The summed E-state index contributed by atoms with van der Waals surface area (Å²) in [5.74, 6) is 0.268. The zero-order valence-electron chi connectivity index (χ0n) is 7.55. The molecule has 0 atom stereocenters. The number of carbonyl (C=O) groups excluding carboxylic acids is 1. The lowest BCUT2D eigenvalue weighted by atomic mass is 9.99. The van der Waals surface area contributed by atoms with Gasteiger partial charge in [0, 0.05) is 5.92 Å². The summed E-state index contributed by atoms with van der Waals surface area (Å²) in [7, 11) is 0. The summed E-state index contributed by atoms with van der Waals surface area (Å²) in [4.78, 5) is 10.6. The molecule has 0 aromatic heterocycles. The maximum Gasteiger partial charge on any atom is 0.153 e. The van der Waals surface area contributed by atoms with Crippen molar-refractivity contribution in [2.75, 3.05) is 0 Å². The van der Waals surface area contributed by atoms with Crippen LogP contribution < -0.4 is 0 Å². The predicted octanol–water partition coefficient (Wildman–Crippen LogP) is 2.41. The van der Waals surface area contributed by atoms with Crippen LogP contribution in [0.4, 0.5) is 0 Å². The lowest BCUT2D eigenvalue weighted by Crippen LogP contribution is -1.91. The second-order valence-corrected chi connectivity index (χ2v) is 3.23. The van der Waals surface area contributed by atoms with Gasteiger partial charge in [-0.15, -0.1) is 0 Å². The first-order chi connectivity index (χ1) is 6.81. The molecule has 0 fully saturated rings. The molecule has 0 amide bonds. The minimum atomic E-state index is 0.0368. The molecule has 0 saturated carbocycles. The van der Waals surface area contributed by atoms with Gasteiger partial charge in [0.05, 0.1) is 5.56 Å². The number of hydrogen-bond donors (Lipinski definition) is 1. The molecule has 0 saturated heterocycles. The van der Waals surface area contributed by atoms with E-state index in [1.165, 1.54) is 0 Å². The largest absolute Gasteiger partial charge is 0.507 e. The van der Waals surface area contributed by atoms with Gasteiger partial charge in [0.25, 0.3) is 0 Å². The molecule has 0 aliphatic heterocycles. The molecule has 2 rings (SSSR count). The molecule has 70 valence electrons. The molecule has 2 heteroatoms. The Kier molecular flexibility index (Phi) is 2.19. The Hall–Kier alpha value is -1.83. The predicted molar refractivity (Wildman–Crippen MR) is 54.5 cm³/mol. The lowest BCUT2D eigenvalue weighted by molar-refractivity contribution is 0.112. The molecular formula is C12H10O2. The number of rotatable bonds is 2. The number of allylic oxidation sites excluding steroid dienone is 4. The van der Waals surface area contributed by atoms with Crippen molar-refractivity contribution in [2.45, 2.75) is 5.92 Å². The van der Waals surface area contributed by atoms with Crippen LogP contribution in [0.25, 0.3) is 0 Å². The topological polar surface area (TPSA) is 37.3 Å². The van der Waals surface area contributed by atoms with Crippen molar-refractivity contribution < 1.29 is 9.90 Å². The summed E-state index contributed by atoms with van der Waals surface area (Å²) in [6.07, 6.45) is 8.69. The average Bonchev–Trinajstić information content (AvgIpc) is 2.71. The van der Waals surface area contributed by atoms with Gasteiger partial charge < -0.3 is 5.11 Å². The highest BCUT2D eigenvalue weighted by Gasteiger charge is 2.09. The number of carbonyl (C=O) groups is 1. The van der Waals surface area contributed by atoms with E-state index in [4.69, 9.17) is 0 Å². The van der Waals surface area contributed by atoms with Gasteiger partial charge in [0.1, 0.15) is 5.75 Å². The first-order valence-electron chi connectivity index (χ1n) is 4.44. The molecule has 0 unspecified atom stereocenters. The maximum atomic E-state index is 10.6. The molecule has 14 heavy (non-hydrogen) atoms. The van der Waals surface area contributed by atoms with E-state index in [0.29, 0.717) is 11.8 Å². The Labute approximate surface area is 82.2 Å². The van der Waals surface area contributed by atoms with E-state index >= 15 is 0 Å². The summed E-state index contributed by atoms with van der Waals surface area (Å²) in [6, 6.07) is 5.10. The van der Waals surface area contributed by atoms with Gasteiger partial charge in [0.2, 0.25) is 0 Å². The number of phenolic OH excluding ortho intramolecular Hbond substituents is 1. The highest BCUT2D eigenvalue weighted by atomic mass is 16.3. The van der Waals surface area contributed by atoms with Crippen LogP contribution >= 0.6 is 0 Å². The fraction of sp³-hybridized carbons (Fsp3) is 0.0833. The Morgan fingerprint density at radius 1 is 1.21 bits per heavy atom. The first kappa shape index (κ1) is 8.75. The van der Waals surface area contributed by atoms with Gasteiger partial charge in [-0.1, -0.05) is 30.4 Å². The van der Waals surface area contributed by atoms with Crippen molar-refractivity contribution in [1.29, 1.82) is 0 Å². The summed E-state index contributed by atoms with van der Waals surface area (Å²) < 4.78 is 0. The standard InChI is InChI=1S/C12H10O2/c13-8-11-7-10(5-6-12(11)14)9-3-1-2-4-9/h1-9,14H. The molecule has 0 heterocycles. The molecule has 0 radical (unpaired) electrons. The minimum Gasteiger partial charge on any atom is -0.507 e. The number of aromatic hydroxyl groups is 1. The van der Waals surface area contributed by atoms with Gasteiger partial charge in [-0.25, -0.2) is 0 Å². The Morgan fingerprint density at radius 3 is 2.57 bits per heavy atom. The molecule has 1 aromatic rings. The zero-order valence-corrected chi connectivity index (χ0v) is 7.55. The van der Waals surface area contributed by atoms with Crippen LogP contribution in [-0.2, 0) is 0 Å². The molecule has 0 bridgehead atoms. The first-order valence-corrected chi connectivity index (χ1v) is 4.44. The summed E-state index contributed by atoms with van der Waals surface area (Å²) in [5, 5.41) is 9.31. The fourth-order valence-corrected chi connectivity index (χ4v) is 1.53. The van der Waals surface area contributed by atoms with Crippen molar-refractivity contribution in [3.05, 3.63) is 53.6 Å². The molecular weight excluding hydrogens is 176 g/mol. The summed E-state index contributed by atoms with van der Waals surface area (Å²) in [5.41, 5.74) is 1.37. The zero-order chi connectivity index (χ0) is 9.97.